The molecule has 0 atom stereocenters. The molecule has 2 aromatic carbocycles. The summed E-state index contributed by atoms with van der Waals surface area (Å²) in [6.07, 6.45) is 5.73. The van der Waals surface area contributed by atoms with Gasteiger partial charge in [0.05, 0.1) is 0 Å². The van der Waals surface area contributed by atoms with Crippen LogP contribution < -0.4 is 0 Å². The Morgan fingerprint density at radius 1 is 0.800 bits per heavy atom. The van der Waals surface area contributed by atoms with Gasteiger partial charge in [0, 0.05) is 13.1 Å². The molecule has 1 heterocycles. The van der Waals surface area contributed by atoms with Gasteiger partial charge in [0.2, 0.25) is 0 Å². The topological polar surface area (TPSA) is 3.24 Å². The molecule has 0 aromatic heterocycles. The molecule has 0 radical (unpaired) electrons. The van der Waals surface area contributed by atoms with Crippen molar-refractivity contribution < 1.29 is 0 Å². The first-order valence-corrected chi connectivity index (χ1v) is 7.41. The predicted octanol–water partition coefficient (Wildman–Crippen LogP) is 4.48. The maximum absolute atomic E-state index is 3.67. The Morgan fingerprint density at radius 3 is 1.75 bits per heavy atom. The maximum Gasteiger partial charge on any atom is 0.0172 e. The zero-order chi connectivity index (χ0) is 13.8. The van der Waals surface area contributed by atoms with Gasteiger partial charge >= 0.3 is 0 Å². The second-order valence-electron chi connectivity index (χ2n) is 5.42. The van der Waals surface area contributed by atoms with Crippen molar-refractivity contribution in [2.75, 3.05) is 13.1 Å². The van der Waals surface area contributed by atoms with E-state index >= 15 is 0 Å². The van der Waals surface area contributed by atoms with Gasteiger partial charge in [-0.2, -0.15) is 0 Å². The van der Waals surface area contributed by atoms with Crippen molar-refractivity contribution in [1.82, 2.24) is 4.90 Å². The molecule has 0 saturated carbocycles. The van der Waals surface area contributed by atoms with Gasteiger partial charge in [0.15, 0.2) is 0 Å². The average molecular weight is 263 g/mol. The third kappa shape index (κ3) is 2.62. The molecule has 1 saturated heterocycles. The molecule has 0 spiro atoms. The van der Waals surface area contributed by atoms with Crippen LogP contribution in [-0.2, 0) is 6.42 Å². The van der Waals surface area contributed by atoms with E-state index in [1.165, 1.54) is 48.2 Å². The summed E-state index contributed by atoms with van der Waals surface area (Å²) in [5.74, 6) is 0. The lowest BCUT2D eigenvalue weighted by Crippen LogP contribution is -2.08. The Hall–Kier alpha value is -2.02. The van der Waals surface area contributed by atoms with Crippen molar-refractivity contribution in [2.45, 2.75) is 19.3 Å². The molecular weight excluding hydrogens is 242 g/mol. The van der Waals surface area contributed by atoms with Crippen molar-refractivity contribution in [1.29, 1.82) is 0 Å². The molecule has 2 aromatic rings. The number of fused-ring (bicyclic) bond motifs is 3. The third-order valence-electron chi connectivity index (χ3n) is 4.10. The SMILES string of the molecule is C=CN1CCCC1.c1ccc2c(c1)Cc1ccccc1-2. The van der Waals surface area contributed by atoms with Crippen LogP contribution in [0.3, 0.4) is 0 Å². The number of rotatable bonds is 1. The van der Waals surface area contributed by atoms with Crippen LogP contribution in [0.25, 0.3) is 11.1 Å². The fourth-order valence-electron chi connectivity index (χ4n) is 3.00. The maximum atomic E-state index is 3.67. The number of hydrogen-bond donors (Lipinski definition) is 0. The first-order chi connectivity index (χ1) is 9.88. The largest absolute Gasteiger partial charge is 0.378 e. The highest BCUT2D eigenvalue weighted by molar-refractivity contribution is 5.76. The van der Waals surface area contributed by atoms with E-state index in [1.54, 1.807) is 0 Å². The van der Waals surface area contributed by atoms with Gasteiger partial charge in [0.1, 0.15) is 0 Å². The first-order valence-electron chi connectivity index (χ1n) is 7.41. The van der Waals surface area contributed by atoms with E-state index in [1.807, 2.05) is 6.20 Å². The molecule has 1 nitrogen and oxygen atoms in total. The highest BCUT2D eigenvalue weighted by Gasteiger charge is 2.15. The minimum atomic E-state index is 1.10. The number of nitrogens with zero attached hydrogens (tertiary/aromatic N) is 1. The van der Waals surface area contributed by atoms with E-state index in [-0.39, 0.29) is 0 Å². The van der Waals surface area contributed by atoms with Crippen LogP contribution in [0.1, 0.15) is 24.0 Å². The quantitative estimate of drug-likeness (QED) is 0.625. The Balaban J connectivity index is 0.000000147. The smallest absolute Gasteiger partial charge is 0.0172 e. The van der Waals surface area contributed by atoms with Crippen molar-refractivity contribution in [3.63, 3.8) is 0 Å². The molecule has 0 amide bonds. The van der Waals surface area contributed by atoms with Crippen LogP contribution in [0, 0.1) is 0 Å². The van der Waals surface area contributed by atoms with E-state index in [0.717, 1.165) is 6.42 Å². The van der Waals surface area contributed by atoms with Gasteiger partial charge in [0.25, 0.3) is 0 Å². The Bertz CT molecular complexity index is 551. The van der Waals surface area contributed by atoms with E-state index in [0.29, 0.717) is 0 Å². The summed E-state index contributed by atoms with van der Waals surface area (Å²) in [6.45, 7) is 6.12. The number of likely N-dealkylation sites (tertiary alicyclic amines) is 1. The van der Waals surface area contributed by atoms with E-state index in [2.05, 4.69) is 60.0 Å². The average Bonchev–Trinajstić information content (AvgIpc) is 3.15. The minimum Gasteiger partial charge on any atom is -0.378 e. The molecule has 1 heteroatoms. The molecule has 1 aliphatic heterocycles. The summed E-state index contributed by atoms with van der Waals surface area (Å²) in [5.41, 5.74) is 5.75. The summed E-state index contributed by atoms with van der Waals surface area (Å²) in [4.78, 5) is 2.25. The fourth-order valence-corrected chi connectivity index (χ4v) is 3.00. The molecule has 0 unspecified atom stereocenters. The normalized spacial score (nSPS) is 15.1. The van der Waals surface area contributed by atoms with Crippen LogP contribution >= 0.6 is 0 Å². The molecule has 1 fully saturated rings. The molecule has 20 heavy (non-hydrogen) atoms. The first kappa shape index (κ1) is 13.0. The highest BCUT2D eigenvalue weighted by atomic mass is 15.1. The van der Waals surface area contributed by atoms with E-state index in [9.17, 15) is 0 Å². The Labute approximate surface area is 121 Å². The Kier molecular flexibility index (Phi) is 3.87. The second kappa shape index (κ2) is 5.96. The lowest BCUT2D eigenvalue weighted by molar-refractivity contribution is 0.469. The van der Waals surface area contributed by atoms with Gasteiger partial charge in [-0.05, 0) is 47.7 Å². The zero-order valence-corrected chi connectivity index (χ0v) is 11.9. The van der Waals surface area contributed by atoms with Crippen LogP contribution in [-0.4, -0.2) is 18.0 Å². The number of benzene rings is 2. The molecule has 0 bridgehead atoms. The van der Waals surface area contributed by atoms with Gasteiger partial charge in [-0.3, -0.25) is 0 Å². The monoisotopic (exact) mass is 263 g/mol. The van der Waals surface area contributed by atoms with Gasteiger partial charge in [-0.15, -0.1) is 0 Å². The van der Waals surface area contributed by atoms with E-state index < -0.39 is 0 Å². The Morgan fingerprint density at radius 2 is 1.30 bits per heavy atom. The van der Waals surface area contributed by atoms with Crippen LogP contribution in [0.2, 0.25) is 0 Å². The molecule has 4 rings (SSSR count). The minimum absolute atomic E-state index is 1.10. The summed E-state index contributed by atoms with van der Waals surface area (Å²) in [6, 6.07) is 17.3. The summed E-state index contributed by atoms with van der Waals surface area (Å²) >= 11 is 0. The van der Waals surface area contributed by atoms with Crippen LogP contribution in [0.15, 0.2) is 61.3 Å². The summed E-state index contributed by atoms with van der Waals surface area (Å²) in [5, 5.41) is 0. The van der Waals surface area contributed by atoms with Crippen molar-refractivity contribution in [2.24, 2.45) is 0 Å². The van der Waals surface area contributed by atoms with Crippen LogP contribution in [0.5, 0.6) is 0 Å². The third-order valence-corrected chi connectivity index (χ3v) is 4.10. The molecule has 1 aliphatic carbocycles. The molecule has 2 aliphatic rings. The van der Waals surface area contributed by atoms with Gasteiger partial charge in [-0.25, -0.2) is 0 Å². The number of hydrogen-bond acceptors (Lipinski definition) is 1. The molecular formula is C19H21N. The lowest BCUT2D eigenvalue weighted by atomic mass is 10.1. The van der Waals surface area contributed by atoms with E-state index in [4.69, 9.17) is 0 Å². The summed E-state index contributed by atoms with van der Waals surface area (Å²) in [7, 11) is 0. The molecule has 0 N–H and O–H groups in total. The fraction of sp³-hybridized carbons (Fsp3) is 0.263. The highest BCUT2D eigenvalue weighted by Crippen LogP contribution is 2.35. The van der Waals surface area contributed by atoms with Crippen LogP contribution in [0.4, 0.5) is 0 Å². The van der Waals surface area contributed by atoms with Gasteiger partial charge < -0.3 is 4.90 Å². The van der Waals surface area contributed by atoms with Gasteiger partial charge in [-0.1, -0.05) is 55.1 Å². The lowest BCUT2D eigenvalue weighted by Gasteiger charge is -2.07. The second-order valence-corrected chi connectivity index (χ2v) is 5.42. The van der Waals surface area contributed by atoms with Crippen molar-refractivity contribution in [3.8, 4) is 11.1 Å². The standard InChI is InChI=1S/C13H10.C6H11N/c1-3-7-12-10(5-1)9-11-6-2-4-8-13(11)12;1-2-7-5-3-4-6-7/h1-8H,9H2;2H,1,3-6H2. The van der Waals surface area contributed by atoms with Crippen molar-refractivity contribution in [3.05, 3.63) is 72.4 Å². The zero-order valence-electron chi connectivity index (χ0n) is 11.9. The predicted molar refractivity (Wildman–Crippen MR) is 85.7 cm³/mol. The summed E-state index contributed by atoms with van der Waals surface area (Å²) < 4.78 is 0. The van der Waals surface area contributed by atoms with Crippen molar-refractivity contribution >= 4 is 0 Å². The molecule has 102 valence electrons.